The van der Waals surface area contributed by atoms with Crippen molar-refractivity contribution in [1.82, 2.24) is 10.2 Å². The standard InChI is InChI=1S/C16H26Cl2N2O/c1-4-20(11-12-21-5-2)10-9-15(19-3)13-7-6-8-14(17)16(13)18/h6-8,15,19H,4-5,9-12H2,1-3H3. The molecule has 5 heteroatoms. The van der Waals surface area contributed by atoms with Crippen molar-refractivity contribution in [3.8, 4) is 0 Å². The fraction of sp³-hybridized carbons (Fsp3) is 0.625. The Morgan fingerprint density at radius 2 is 2.00 bits per heavy atom. The number of likely N-dealkylation sites (N-methyl/N-ethyl adjacent to an activating group) is 1. The molecule has 0 heterocycles. The van der Waals surface area contributed by atoms with E-state index in [1.54, 1.807) is 0 Å². The average Bonchev–Trinajstić information content (AvgIpc) is 2.50. The van der Waals surface area contributed by atoms with Crippen LogP contribution in [0, 0.1) is 0 Å². The molecule has 0 aromatic heterocycles. The Bertz CT molecular complexity index is 415. The van der Waals surface area contributed by atoms with Crippen LogP contribution in [-0.2, 0) is 4.74 Å². The second-order valence-corrected chi connectivity index (χ2v) is 5.69. The third kappa shape index (κ3) is 6.13. The maximum Gasteiger partial charge on any atom is 0.0640 e. The monoisotopic (exact) mass is 332 g/mol. The van der Waals surface area contributed by atoms with Crippen molar-refractivity contribution in [2.45, 2.75) is 26.3 Å². The van der Waals surface area contributed by atoms with Gasteiger partial charge in [0.05, 0.1) is 16.7 Å². The van der Waals surface area contributed by atoms with Gasteiger partial charge in [-0.05, 0) is 38.6 Å². The van der Waals surface area contributed by atoms with E-state index >= 15 is 0 Å². The van der Waals surface area contributed by atoms with Crippen molar-refractivity contribution in [2.75, 3.05) is 39.9 Å². The maximum absolute atomic E-state index is 6.31. The summed E-state index contributed by atoms with van der Waals surface area (Å²) in [4.78, 5) is 2.39. The fourth-order valence-electron chi connectivity index (χ4n) is 2.32. The first-order valence-electron chi connectivity index (χ1n) is 7.55. The Hall–Kier alpha value is -0.320. The zero-order chi connectivity index (χ0) is 15.7. The number of ether oxygens (including phenoxy) is 1. The van der Waals surface area contributed by atoms with E-state index in [0.717, 1.165) is 44.8 Å². The molecule has 3 nitrogen and oxygen atoms in total. The van der Waals surface area contributed by atoms with Crippen LogP contribution < -0.4 is 5.32 Å². The van der Waals surface area contributed by atoms with Crippen molar-refractivity contribution in [3.05, 3.63) is 33.8 Å². The molecule has 0 saturated carbocycles. The van der Waals surface area contributed by atoms with E-state index in [0.29, 0.717) is 10.0 Å². The molecule has 120 valence electrons. The van der Waals surface area contributed by atoms with Crippen molar-refractivity contribution in [3.63, 3.8) is 0 Å². The summed E-state index contributed by atoms with van der Waals surface area (Å²) in [7, 11) is 1.96. The van der Waals surface area contributed by atoms with Crippen LogP contribution >= 0.6 is 23.2 Å². The summed E-state index contributed by atoms with van der Waals surface area (Å²) in [5.74, 6) is 0. The minimum atomic E-state index is 0.206. The van der Waals surface area contributed by atoms with Crippen LogP contribution in [0.4, 0.5) is 0 Å². The van der Waals surface area contributed by atoms with Gasteiger partial charge < -0.3 is 15.0 Å². The zero-order valence-corrected chi connectivity index (χ0v) is 14.7. The number of benzene rings is 1. The van der Waals surface area contributed by atoms with E-state index in [2.05, 4.69) is 17.1 Å². The minimum Gasteiger partial charge on any atom is -0.380 e. The van der Waals surface area contributed by atoms with Gasteiger partial charge in [0.15, 0.2) is 0 Å². The molecule has 1 rings (SSSR count). The molecule has 0 saturated heterocycles. The topological polar surface area (TPSA) is 24.5 Å². The molecule has 1 N–H and O–H groups in total. The smallest absolute Gasteiger partial charge is 0.0640 e. The Morgan fingerprint density at radius 3 is 2.62 bits per heavy atom. The molecule has 0 bridgehead atoms. The highest BCUT2D eigenvalue weighted by atomic mass is 35.5. The number of hydrogen-bond donors (Lipinski definition) is 1. The van der Waals surface area contributed by atoms with E-state index in [-0.39, 0.29) is 6.04 Å². The lowest BCUT2D eigenvalue weighted by atomic mass is 10.0. The molecule has 0 amide bonds. The molecule has 0 aliphatic rings. The van der Waals surface area contributed by atoms with Gasteiger partial charge in [-0.3, -0.25) is 0 Å². The third-order valence-electron chi connectivity index (χ3n) is 3.64. The van der Waals surface area contributed by atoms with E-state index in [1.165, 1.54) is 0 Å². The Morgan fingerprint density at radius 1 is 1.24 bits per heavy atom. The molecule has 1 unspecified atom stereocenters. The van der Waals surface area contributed by atoms with Crippen LogP contribution in [-0.4, -0.2) is 44.8 Å². The molecule has 0 aliphatic heterocycles. The van der Waals surface area contributed by atoms with Crippen LogP contribution in [0.5, 0.6) is 0 Å². The lowest BCUT2D eigenvalue weighted by Gasteiger charge is -2.24. The highest BCUT2D eigenvalue weighted by molar-refractivity contribution is 6.42. The molecule has 0 aliphatic carbocycles. The van der Waals surface area contributed by atoms with Gasteiger partial charge >= 0.3 is 0 Å². The fourth-order valence-corrected chi connectivity index (χ4v) is 2.76. The molecule has 1 aromatic rings. The SMILES string of the molecule is CCOCCN(CC)CCC(NC)c1cccc(Cl)c1Cl. The molecular weight excluding hydrogens is 307 g/mol. The molecule has 21 heavy (non-hydrogen) atoms. The normalized spacial score (nSPS) is 12.9. The molecule has 1 atom stereocenters. The van der Waals surface area contributed by atoms with Gasteiger partial charge in [-0.15, -0.1) is 0 Å². The molecule has 0 spiro atoms. The van der Waals surface area contributed by atoms with Crippen molar-refractivity contribution in [1.29, 1.82) is 0 Å². The summed E-state index contributed by atoms with van der Waals surface area (Å²) in [6.45, 7) is 8.73. The van der Waals surface area contributed by atoms with Crippen LogP contribution in [0.2, 0.25) is 10.0 Å². The van der Waals surface area contributed by atoms with E-state index in [1.807, 2.05) is 32.2 Å². The van der Waals surface area contributed by atoms with Gasteiger partial charge in [0, 0.05) is 25.7 Å². The van der Waals surface area contributed by atoms with E-state index < -0.39 is 0 Å². The summed E-state index contributed by atoms with van der Waals surface area (Å²) in [5, 5.41) is 4.59. The Balaban J connectivity index is 2.59. The second kappa shape index (κ2) is 10.4. The summed E-state index contributed by atoms with van der Waals surface area (Å²) in [6.07, 6.45) is 0.983. The highest BCUT2D eigenvalue weighted by Crippen LogP contribution is 2.31. The van der Waals surface area contributed by atoms with Crippen LogP contribution in [0.15, 0.2) is 18.2 Å². The van der Waals surface area contributed by atoms with Gasteiger partial charge in [0.1, 0.15) is 0 Å². The van der Waals surface area contributed by atoms with Crippen LogP contribution in [0.3, 0.4) is 0 Å². The largest absolute Gasteiger partial charge is 0.380 e. The zero-order valence-electron chi connectivity index (χ0n) is 13.2. The minimum absolute atomic E-state index is 0.206. The maximum atomic E-state index is 6.31. The lowest BCUT2D eigenvalue weighted by Crippen LogP contribution is -2.31. The quantitative estimate of drug-likeness (QED) is 0.655. The van der Waals surface area contributed by atoms with Gasteiger partial charge in [-0.2, -0.15) is 0 Å². The highest BCUT2D eigenvalue weighted by Gasteiger charge is 2.15. The number of rotatable bonds is 10. The van der Waals surface area contributed by atoms with Crippen LogP contribution in [0.1, 0.15) is 31.9 Å². The first-order chi connectivity index (χ1) is 10.1. The number of hydrogen-bond acceptors (Lipinski definition) is 3. The van der Waals surface area contributed by atoms with E-state index in [9.17, 15) is 0 Å². The van der Waals surface area contributed by atoms with Crippen molar-refractivity contribution >= 4 is 23.2 Å². The van der Waals surface area contributed by atoms with Crippen molar-refractivity contribution in [2.24, 2.45) is 0 Å². The molecule has 1 aromatic carbocycles. The number of nitrogens with zero attached hydrogens (tertiary/aromatic N) is 1. The molecular formula is C16H26Cl2N2O. The predicted octanol–water partition coefficient (Wildman–Crippen LogP) is 4.00. The van der Waals surface area contributed by atoms with Crippen molar-refractivity contribution < 1.29 is 4.74 Å². The summed E-state index contributed by atoms with van der Waals surface area (Å²) in [6, 6.07) is 6.00. The Labute approximate surface area is 138 Å². The number of halogens is 2. The Kier molecular flexibility index (Phi) is 9.29. The summed E-state index contributed by atoms with van der Waals surface area (Å²) < 4.78 is 5.42. The van der Waals surface area contributed by atoms with Gasteiger partial charge in [-0.1, -0.05) is 42.3 Å². The second-order valence-electron chi connectivity index (χ2n) is 4.90. The van der Waals surface area contributed by atoms with E-state index in [4.69, 9.17) is 27.9 Å². The number of nitrogens with one attached hydrogen (secondary N) is 1. The predicted molar refractivity (Wildman–Crippen MR) is 91.5 cm³/mol. The lowest BCUT2D eigenvalue weighted by molar-refractivity contribution is 0.113. The summed E-state index contributed by atoms with van der Waals surface area (Å²) >= 11 is 12.4. The third-order valence-corrected chi connectivity index (χ3v) is 4.48. The van der Waals surface area contributed by atoms with Gasteiger partial charge in [0.2, 0.25) is 0 Å². The first-order valence-corrected chi connectivity index (χ1v) is 8.30. The molecule has 0 fully saturated rings. The van der Waals surface area contributed by atoms with Gasteiger partial charge in [-0.25, -0.2) is 0 Å². The van der Waals surface area contributed by atoms with Crippen LogP contribution in [0.25, 0.3) is 0 Å². The average molecular weight is 333 g/mol. The summed E-state index contributed by atoms with van der Waals surface area (Å²) in [5.41, 5.74) is 1.06. The molecule has 0 radical (unpaired) electrons. The van der Waals surface area contributed by atoms with Gasteiger partial charge in [0.25, 0.3) is 0 Å². The first kappa shape index (κ1) is 18.7.